The molecule has 0 fully saturated rings. The molecule has 0 saturated heterocycles. The van der Waals surface area contributed by atoms with Gasteiger partial charge in [0.05, 0.1) is 27.4 Å². The molecule has 1 unspecified atom stereocenters. The number of ether oxygens (including phenoxy) is 3. The highest BCUT2D eigenvalue weighted by Gasteiger charge is 2.17. The van der Waals surface area contributed by atoms with Crippen molar-refractivity contribution in [1.29, 1.82) is 0 Å². The molecule has 5 heteroatoms. The Hall–Kier alpha value is -2.69. The number of hydrogen-bond donors (Lipinski definition) is 1. The minimum atomic E-state index is -0.163. The van der Waals surface area contributed by atoms with Crippen molar-refractivity contribution in [2.24, 2.45) is 0 Å². The van der Waals surface area contributed by atoms with Crippen molar-refractivity contribution in [2.75, 3.05) is 21.3 Å². The molecule has 0 radical (unpaired) electrons. The third-order valence-corrected chi connectivity index (χ3v) is 4.19. The molecule has 5 nitrogen and oxygen atoms in total. The second-order valence-corrected chi connectivity index (χ2v) is 5.68. The highest BCUT2D eigenvalue weighted by Crippen LogP contribution is 2.33. The molecular weight excluding hydrogens is 318 g/mol. The maximum Gasteiger partial charge on any atom is 0.251 e. The van der Waals surface area contributed by atoms with Crippen molar-refractivity contribution in [3.05, 3.63) is 53.1 Å². The van der Waals surface area contributed by atoms with Gasteiger partial charge < -0.3 is 19.5 Å². The molecule has 0 heterocycles. The van der Waals surface area contributed by atoms with Crippen molar-refractivity contribution in [3.8, 4) is 17.2 Å². The summed E-state index contributed by atoms with van der Waals surface area (Å²) in [5, 5.41) is 3.04. The molecule has 134 valence electrons. The van der Waals surface area contributed by atoms with Crippen LogP contribution in [0.5, 0.6) is 17.2 Å². The van der Waals surface area contributed by atoms with E-state index in [0.29, 0.717) is 17.1 Å². The van der Waals surface area contributed by atoms with Gasteiger partial charge in [0.2, 0.25) is 0 Å². The van der Waals surface area contributed by atoms with E-state index in [1.807, 2.05) is 19.1 Å². The summed E-state index contributed by atoms with van der Waals surface area (Å²) in [4.78, 5) is 12.5. The molecule has 2 rings (SSSR count). The Morgan fingerprint density at radius 3 is 2.12 bits per heavy atom. The van der Waals surface area contributed by atoms with Gasteiger partial charge in [0.25, 0.3) is 5.91 Å². The molecule has 0 aliphatic heterocycles. The lowest BCUT2D eigenvalue weighted by Gasteiger charge is -2.20. The van der Waals surface area contributed by atoms with Gasteiger partial charge in [-0.25, -0.2) is 0 Å². The summed E-state index contributed by atoms with van der Waals surface area (Å²) in [6.45, 7) is 4.03. The van der Waals surface area contributed by atoms with E-state index in [-0.39, 0.29) is 11.9 Å². The second kappa shape index (κ2) is 8.42. The van der Waals surface area contributed by atoms with Crippen LogP contribution in [0.3, 0.4) is 0 Å². The SMILES string of the molecule is CCc1cc(OC)c(OC)cc1C(C)NC(=O)c1ccc(OC)cc1. The van der Waals surface area contributed by atoms with Gasteiger partial charge in [0.1, 0.15) is 5.75 Å². The van der Waals surface area contributed by atoms with Gasteiger partial charge in [-0.05, 0) is 60.9 Å². The standard InChI is InChI=1S/C20H25NO4/c1-6-14-11-18(24-4)19(25-5)12-17(14)13(2)21-20(22)15-7-9-16(23-3)10-8-15/h7-13H,6H2,1-5H3,(H,21,22). The molecule has 0 aliphatic rings. The highest BCUT2D eigenvalue weighted by molar-refractivity contribution is 5.94. The van der Waals surface area contributed by atoms with Gasteiger partial charge in [-0.1, -0.05) is 6.92 Å². The minimum absolute atomic E-state index is 0.132. The van der Waals surface area contributed by atoms with E-state index >= 15 is 0 Å². The number of benzene rings is 2. The first-order chi connectivity index (χ1) is 12.0. The van der Waals surface area contributed by atoms with Crippen molar-refractivity contribution in [3.63, 3.8) is 0 Å². The first-order valence-corrected chi connectivity index (χ1v) is 8.23. The summed E-state index contributed by atoms with van der Waals surface area (Å²) in [6, 6.07) is 10.8. The van der Waals surface area contributed by atoms with Crippen LogP contribution in [-0.4, -0.2) is 27.2 Å². The fourth-order valence-electron chi connectivity index (χ4n) is 2.75. The maximum atomic E-state index is 12.5. The Labute approximate surface area is 148 Å². The second-order valence-electron chi connectivity index (χ2n) is 5.68. The Bertz CT molecular complexity index is 725. The van der Waals surface area contributed by atoms with Gasteiger partial charge in [-0.2, -0.15) is 0 Å². The molecule has 0 bridgehead atoms. The Morgan fingerprint density at radius 1 is 1.00 bits per heavy atom. The minimum Gasteiger partial charge on any atom is -0.497 e. The topological polar surface area (TPSA) is 56.8 Å². The lowest BCUT2D eigenvalue weighted by Crippen LogP contribution is -2.27. The zero-order valence-corrected chi connectivity index (χ0v) is 15.4. The van der Waals surface area contributed by atoms with Crippen LogP contribution in [0.25, 0.3) is 0 Å². The lowest BCUT2D eigenvalue weighted by atomic mass is 9.98. The van der Waals surface area contributed by atoms with E-state index in [0.717, 1.165) is 23.3 Å². The average Bonchev–Trinajstić information content (AvgIpc) is 2.66. The van der Waals surface area contributed by atoms with Crippen molar-refractivity contribution >= 4 is 5.91 Å². The third-order valence-electron chi connectivity index (χ3n) is 4.19. The molecule has 2 aromatic rings. The zero-order chi connectivity index (χ0) is 18.4. The Balaban J connectivity index is 2.24. The van der Waals surface area contributed by atoms with Crippen molar-refractivity contribution in [1.82, 2.24) is 5.32 Å². The van der Waals surface area contributed by atoms with E-state index in [2.05, 4.69) is 12.2 Å². The van der Waals surface area contributed by atoms with E-state index < -0.39 is 0 Å². The number of nitrogens with one attached hydrogen (secondary N) is 1. The monoisotopic (exact) mass is 343 g/mol. The largest absolute Gasteiger partial charge is 0.497 e. The summed E-state index contributed by atoms with van der Waals surface area (Å²) < 4.78 is 15.9. The van der Waals surface area contributed by atoms with Gasteiger partial charge in [-0.15, -0.1) is 0 Å². The molecule has 2 aromatic carbocycles. The van der Waals surface area contributed by atoms with Crippen LogP contribution < -0.4 is 19.5 Å². The van der Waals surface area contributed by atoms with Crippen LogP contribution in [0.15, 0.2) is 36.4 Å². The fourth-order valence-corrected chi connectivity index (χ4v) is 2.75. The molecule has 25 heavy (non-hydrogen) atoms. The number of methoxy groups -OCH3 is 3. The van der Waals surface area contributed by atoms with Gasteiger partial charge in [0.15, 0.2) is 11.5 Å². The average molecular weight is 343 g/mol. The number of aryl methyl sites for hydroxylation is 1. The first kappa shape index (κ1) is 18.6. The number of amides is 1. The van der Waals surface area contributed by atoms with E-state index in [4.69, 9.17) is 14.2 Å². The predicted molar refractivity (Wildman–Crippen MR) is 97.8 cm³/mol. The molecular formula is C20H25NO4. The van der Waals surface area contributed by atoms with Gasteiger partial charge >= 0.3 is 0 Å². The molecule has 1 amide bonds. The van der Waals surface area contributed by atoms with Gasteiger partial charge in [-0.3, -0.25) is 4.79 Å². The molecule has 0 aromatic heterocycles. The van der Waals surface area contributed by atoms with Crippen molar-refractivity contribution in [2.45, 2.75) is 26.3 Å². The molecule has 0 spiro atoms. The molecule has 1 atom stereocenters. The summed E-state index contributed by atoms with van der Waals surface area (Å²) in [5.74, 6) is 1.93. The number of carbonyl (C=O) groups excluding carboxylic acids is 1. The first-order valence-electron chi connectivity index (χ1n) is 8.23. The lowest BCUT2D eigenvalue weighted by molar-refractivity contribution is 0.0939. The Kier molecular flexibility index (Phi) is 6.28. The quantitative estimate of drug-likeness (QED) is 0.831. The highest BCUT2D eigenvalue weighted by atomic mass is 16.5. The smallest absolute Gasteiger partial charge is 0.251 e. The van der Waals surface area contributed by atoms with Crippen LogP contribution in [0.1, 0.15) is 41.4 Å². The molecule has 0 saturated carbocycles. The predicted octanol–water partition coefficient (Wildman–Crippen LogP) is 3.77. The van der Waals surface area contributed by atoms with Crippen LogP contribution in [0, 0.1) is 0 Å². The molecule has 0 aliphatic carbocycles. The van der Waals surface area contributed by atoms with Crippen LogP contribution in [0.2, 0.25) is 0 Å². The number of carbonyl (C=O) groups is 1. The normalized spacial score (nSPS) is 11.6. The van der Waals surface area contributed by atoms with E-state index in [1.54, 1.807) is 45.6 Å². The van der Waals surface area contributed by atoms with Crippen LogP contribution >= 0.6 is 0 Å². The number of rotatable bonds is 7. The maximum absolute atomic E-state index is 12.5. The van der Waals surface area contributed by atoms with E-state index in [1.165, 1.54) is 0 Å². The number of hydrogen-bond acceptors (Lipinski definition) is 4. The third kappa shape index (κ3) is 4.24. The van der Waals surface area contributed by atoms with E-state index in [9.17, 15) is 4.79 Å². The van der Waals surface area contributed by atoms with Gasteiger partial charge in [0, 0.05) is 5.56 Å². The fraction of sp³-hybridized carbons (Fsp3) is 0.350. The summed E-state index contributed by atoms with van der Waals surface area (Å²) >= 11 is 0. The van der Waals surface area contributed by atoms with Crippen molar-refractivity contribution < 1.29 is 19.0 Å². The van der Waals surface area contributed by atoms with Crippen LogP contribution in [-0.2, 0) is 6.42 Å². The summed E-state index contributed by atoms with van der Waals surface area (Å²) in [7, 11) is 4.82. The summed E-state index contributed by atoms with van der Waals surface area (Å²) in [6.07, 6.45) is 0.832. The Morgan fingerprint density at radius 2 is 1.60 bits per heavy atom. The summed E-state index contributed by atoms with van der Waals surface area (Å²) in [5.41, 5.74) is 2.72. The zero-order valence-electron chi connectivity index (χ0n) is 15.4. The van der Waals surface area contributed by atoms with Crippen LogP contribution in [0.4, 0.5) is 0 Å². The molecule has 1 N–H and O–H groups in total.